The molecule has 0 spiro atoms. The highest BCUT2D eigenvalue weighted by Gasteiger charge is 2.29. The van der Waals surface area contributed by atoms with Gasteiger partial charge in [0.15, 0.2) is 0 Å². The number of alkyl halides is 3. The quantitative estimate of drug-likeness (QED) is 0.598. The van der Waals surface area contributed by atoms with Gasteiger partial charge in [-0.2, -0.15) is 13.2 Å². The summed E-state index contributed by atoms with van der Waals surface area (Å²) in [5, 5.41) is 2.50. The van der Waals surface area contributed by atoms with E-state index < -0.39 is 17.2 Å². The third-order valence-electron chi connectivity index (χ3n) is 2.53. The molecule has 0 fully saturated rings. The summed E-state index contributed by atoms with van der Waals surface area (Å²) in [6.07, 6.45) is 0. The summed E-state index contributed by atoms with van der Waals surface area (Å²) in [5.74, 6) is -1.34. The van der Waals surface area contributed by atoms with Crippen molar-refractivity contribution in [1.29, 1.82) is 0 Å². The Bertz CT molecular complexity index is 688. The third-order valence-corrected chi connectivity index (χ3v) is 3.50. The van der Waals surface area contributed by atoms with Gasteiger partial charge in [-0.25, -0.2) is 4.39 Å². The number of benzene rings is 2. The summed E-state index contributed by atoms with van der Waals surface area (Å²) in [4.78, 5) is 11.9. The van der Waals surface area contributed by atoms with E-state index in [0.717, 1.165) is 6.07 Å². The van der Waals surface area contributed by atoms with Gasteiger partial charge >= 0.3 is 5.51 Å². The second-order valence-electron chi connectivity index (χ2n) is 4.15. The lowest BCUT2D eigenvalue weighted by Crippen LogP contribution is -2.12. The lowest BCUT2D eigenvalue weighted by molar-refractivity contribution is -0.0328. The molecule has 0 aliphatic carbocycles. The van der Waals surface area contributed by atoms with Gasteiger partial charge in [0.25, 0.3) is 5.91 Å². The predicted molar refractivity (Wildman–Crippen MR) is 77.7 cm³/mol. The van der Waals surface area contributed by atoms with Gasteiger partial charge < -0.3 is 5.32 Å². The highest BCUT2D eigenvalue weighted by molar-refractivity contribution is 8.00. The summed E-state index contributed by atoms with van der Waals surface area (Å²) in [5.41, 5.74) is -4.35. The molecule has 2 nitrogen and oxygen atoms in total. The maximum atomic E-state index is 13.5. The first-order valence-electron chi connectivity index (χ1n) is 5.87. The molecule has 22 heavy (non-hydrogen) atoms. The van der Waals surface area contributed by atoms with Crippen LogP contribution in [0.3, 0.4) is 0 Å². The van der Waals surface area contributed by atoms with Gasteiger partial charge in [-0.1, -0.05) is 11.6 Å². The molecule has 8 heteroatoms. The second-order valence-corrected chi connectivity index (χ2v) is 5.73. The van der Waals surface area contributed by atoms with Crippen LogP contribution in [0.15, 0.2) is 47.4 Å². The number of hydrogen-bond donors (Lipinski definition) is 1. The first-order valence-corrected chi connectivity index (χ1v) is 7.06. The van der Waals surface area contributed by atoms with Gasteiger partial charge in [0.05, 0.1) is 5.69 Å². The predicted octanol–water partition coefficient (Wildman–Crippen LogP) is 5.34. The van der Waals surface area contributed by atoms with E-state index in [1.165, 1.54) is 36.4 Å². The van der Waals surface area contributed by atoms with Gasteiger partial charge in [0.1, 0.15) is 5.82 Å². The minimum Gasteiger partial charge on any atom is -0.319 e. The van der Waals surface area contributed by atoms with Crippen molar-refractivity contribution in [2.24, 2.45) is 0 Å². The molecular formula is C14H8ClF4NOS. The number of amides is 1. The van der Waals surface area contributed by atoms with Gasteiger partial charge in [0, 0.05) is 15.5 Å². The Morgan fingerprint density at radius 2 is 1.73 bits per heavy atom. The first-order chi connectivity index (χ1) is 10.2. The van der Waals surface area contributed by atoms with E-state index in [1.807, 2.05) is 0 Å². The van der Waals surface area contributed by atoms with Crippen LogP contribution in [0.5, 0.6) is 0 Å². The van der Waals surface area contributed by atoms with Crippen LogP contribution in [0.4, 0.5) is 23.2 Å². The first kappa shape index (κ1) is 16.6. The van der Waals surface area contributed by atoms with Crippen LogP contribution < -0.4 is 5.32 Å². The van der Waals surface area contributed by atoms with Crippen molar-refractivity contribution in [2.45, 2.75) is 10.4 Å². The maximum absolute atomic E-state index is 13.5. The molecule has 0 aromatic heterocycles. The molecule has 2 aromatic carbocycles. The van der Waals surface area contributed by atoms with Crippen LogP contribution >= 0.6 is 23.4 Å². The molecule has 0 unspecified atom stereocenters. The van der Waals surface area contributed by atoms with Crippen LogP contribution in [0, 0.1) is 5.82 Å². The smallest absolute Gasteiger partial charge is 0.319 e. The van der Waals surface area contributed by atoms with Crippen molar-refractivity contribution in [3.8, 4) is 0 Å². The van der Waals surface area contributed by atoms with Crippen molar-refractivity contribution in [3.63, 3.8) is 0 Å². The number of halogens is 5. The number of nitrogens with one attached hydrogen (secondary N) is 1. The molecule has 116 valence electrons. The van der Waals surface area contributed by atoms with Crippen LogP contribution in [-0.2, 0) is 0 Å². The lowest BCUT2D eigenvalue weighted by atomic mass is 10.2. The number of hydrogen-bond acceptors (Lipinski definition) is 2. The molecule has 0 radical (unpaired) electrons. The van der Waals surface area contributed by atoms with Crippen LogP contribution in [0.1, 0.15) is 10.4 Å². The van der Waals surface area contributed by atoms with Crippen molar-refractivity contribution < 1.29 is 22.4 Å². The summed E-state index contributed by atoms with van der Waals surface area (Å²) in [7, 11) is 0. The molecular weight excluding hydrogens is 342 g/mol. The monoisotopic (exact) mass is 349 g/mol. The van der Waals surface area contributed by atoms with Crippen molar-refractivity contribution in [3.05, 3.63) is 58.9 Å². The number of thioether (sulfide) groups is 1. The van der Waals surface area contributed by atoms with Crippen LogP contribution in [-0.4, -0.2) is 11.4 Å². The fourth-order valence-corrected chi connectivity index (χ4v) is 2.29. The van der Waals surface area contributed by atoms with Crippen molar-refractivity contribution in [2.75, 3.05) is 5.32 Å². The maximum Gasteiger partial charge on any atom is 0.446 e. The normalized spacial score (nSPS) is 11.3. The SMILES string of the molecule is O=C(Nc1ccc(Cl)cc1F)c1ccc(SC(F)(F)F)cc1. The molecule has 0 aliphatic heterocycles. The number of rotatable bonds is 3. The molecule has 0 atom stereocenters. The zero-order valence-electron chi connectivity index (χ0n) is 10.7. The van der Waals surface area contributed by atoms with E-state index in [4.69, 9.17) is 11.6 Å². The van der Waals surface area contributed by atoms with E-state index in [0.29, 0.717) is 0 Å². The van der Waals surface area contributed by atoms with Gasteiger partial charge in [-0.15, -0.1) is 0 Å². The number of carbonyl (C=O) groups is 1. The van der Waals surface area contributed by atoms with E-state index in [2.05, 4.69) is 5.32 Å². The fourth-order valence-electron chi connectivity index (χ4n) is 1.59. The molecule has 0 aliphatic rings. The minimum atomic E-state index is -4.39. The molecule has 2 rings (SSSR count). The Labute approximate surface area is 132 Å². The Balaban J connectivity index is 2.10. The molecule has 0 bridgehead atoms. The van der Waals surface area contributed by atoms with E-state index >= 15 is 0 Å². The number of carbonyl (C=O) groups excluding carboxylic acids is 1. The zero-order valence-corrected chi connectivity index (χ0v) is 12.3. The average Bonchev–Trinajstić information content (AvgIpc) is 2.41. The Morgan fingerprint density at radius 3 is 2.27 bits per heavy atom. The number of anilines is 1. The highest BCUT2D eigenvalue weighted by Crippen LogP contribution is 2.36. The molecule has 2 aromatic rings. The third kappa shape index (κ3) is 4.64. The Morgan fingerprint density at radius 1 is 1.09 bits per heavy atom. The van der Waals surface area contributed by atoms with E-state index in [-0.39, 0.29) is 32.9 Å². The minimum absolute atomic E-state index is 0.0401. The standard InChI is InChI=1S/C14H8ClF4NOS/c15-9-3-6-12(11(16)7-9)20-13(21)8-1-4-10(5-2-8)22-14(17,18)19/h1-7H,(H,20,21). The van der Waals surface area contributed by atoms with E-state index in [9.17, 15) is 22.4 Å². The summed E-state index contributed by atoms with van der Waals surface area (Å²) >= 11 is 5.32. The topological polar surface area (TPSA) is 29.1 Å². The lowest BCUT2D eigenvalue weighted by Gasteiger charge is -2.08. The molecule has 0 saturated heterocycles. The summed E-state index contributed by atoms with van der Waals surface area (Å²) in [6.45, 7) is 0. The highest BCUT2D eigenvalue weighted by atomic mass is 35.5. The summed E-state index contributed by atoms with van der Waals surface area (Å²) in [6, 6.07) is 8.55. The zero-order chi connectivity index (χ0) is 16.3. The molecule has 1 amide bonds. The average molecular weight is 350 g/mol. The molecule has 1 N–H and O–H groups in total. The Hall–Kier alpha value is -1.73. The van der Waals surface area contributed by atoms with Gasteiger partial charge in [-0.05, 0) is 54.2 Å². The van der Waals surface area contributed by atoms with Gasteiger partial charge in [-0.3, -0.25) is 4.79 Å². The fraction of sp³-hybridized carbons (Fsp3) is 0.0714. The summed E-state index contributed by atoms with van der Waals surface area (Å²) < 4.78 is 50.1. The largest absolute Gasteiger partial charge is 0.446 e. The van der Waals surface area contributed by atoms with Crippen LogP contribution in [0.25, 0.3) is 0 Å². The molecule has 0 saturated carbocycles. The van der Waals surface area contributed by atoms with Crippen molar-refractivity contribution in [1.82, 2.24) is 0 Å². The van der Waals surface area contributed by atoms with E-state index in [1.54, 1.807) is 0 Å². The van der Waals surface area contributed by atoms with Crippen molar-refractivity contribution >= 4 is 35.0 Å². The Kier molecular flexibility index (Phi) is 4.97. The van der Waals surface area contributed by atoms with Crippen LogP contribution in [0.2, 0.25) is 5.02 Å². The van der Waals surface area contributed by atoms with Gasteiger partial charge in [0.2, 0.25) is 0 Å². The molecule has 0 heterocycles. The second kappa shape index (κ2) is 6.58.